The van der Waals surface area contributed by atoms with Crippen molar-refractivity contribution in [3.05, 3.63) is 77.9 Å². The molecule has 1 aromatic heterocycles. The van der Waals surface area contributed by atoms with Gasteiger partial charge in [0.1, 0.15) is 23.9 Å². The van der Waals surface area contributed by atoms with Crippen LogP contribution in [0, 0.1) is 0 Å². The number of nitrogens with one attached hydrogen (secondary N) is 1. The van der Waals surface area contributed by atoms with Gasteiger partial charge in [0, 0.05) is 19.7 Å². The lowest BCUT2D eigenvalue weighted by Gasteiger charge is -2.32. The van der Waals surface area contributed by atoms with Gasteiger partial charge < -0.3 is 29.2 Å². The smallest absolute Gasteiger partial charge is 0.247 e. The first-order chi connectivity index (χ1) is 20.5. The van der Waals surface area contributed by atoms with Crippen molar-refractivity contribution in [2.45, 2.75) is 38.1 Å². The van der Waals surface area contributed by atoms with E-state index >= 15 is 0 Å². The summed E-state index contributed by atoms with van der Waals surface area (Å²) in [6.07, 6.45) is 1.76. The second-order valence-corrected chi connectivity index (χ2v) is 10.0. The minimum Gasteiger partial charge on any atom is -0.497 e. The second kappa shape index (κ2) is 13.3. The molecule has 0 radical (unpaired) electrons. The van der Waals surface area contributed by atoms with Crippen LogP contribution in [-0.4, -0.2) is 72.3 Å². The maximum Gasteiger partial charge on any atom is 0.247 e. The van der Waals surface area contributed by atoms with Crippen LogP contribution in [0.1, 0.15) is 30.0 Å². The number of benzene rings is 3. The van der Waals surface area contributed by atoms with E-state index in [1.807, 2.05) is 48.5 Å². The maximum atomic E-state index is 14.2. The summed E-state index contributed by atoms with van der Waals surface area (Å²) in [7, 11) is 4.67. The molecule has 1 aliphatic rings. The zero-order valence-corrected chi connectivity index (χ0v) is 24.0. The molecule has 1 N–H and O–H groups in total. The van der Waals surface area contributed by atoms with Crippen molar-refractivity contribution in [3.8, 4) is 17.2 Å². The Hall–Kier alpha value is -4.64. The molecular formula is C31H35N5O6. The van der Waals surface area contributed by atoms with Gasteiger partial charge in [0.05, 0.1) is 33.0 Å². The summed E-state index contributed by atoms with van der Waals surface area (Å²) < 4.78 is 23.6. The number of carbonyl (C=O) groups excluding carboxylic acids is 2. The van der Waals surface area contributed by atoms with Crippen LogP contribution in [0.4, 0.5) is 0 Å². The Bertz CT molecular complexity index is 1520. The highest BCUT2D eigenvalue weighted by molar-refractivity contribution is 5.89. The number of carbonyl (C=O) groups is 2. The molecule has 2 heterocycles. The molecule has 220 valence electrons. The van der Waals surface area contributed by atoms with Gasteiger partial charge in [0.25, 0.3) is 0 Å². The van der Waals surface area contributed by atoms with Gasteiger partial charge in [-0.2, -0.15) is 0 Å². The third-order valence-electron chi connectivity index (χ3n) is 7.35. The summed E-state index contributed by atoms with van der Waals surface area (Å²) in [4.78, 5) is 29.8. The first-order valence-electron chi connectivity index (χ1n) is 13.8. The maximum absolute atomic E-state index is 14.2. The Balaban J connectivity index is 1.54. The number of hydrogen-bond acceptors (Lipinski definition) is 8. The van der Waals surface area contributed by atoms with E-state index in [1.54, 1.807) is 42.0 Å². The standard InChI is InChI=1S/C31H35N5O6/c1-39-23-13-10-21(11-14-23)19-35(29(37)20-36-26-9-5-4-8-25(26)33-34-36)30(31(38)32-18-24-7-6-16-42-24)22-12-15-27(40-2)28(17-22)41-3/h4-5,8-15,17,24,30H,6-7,16,18-20H2,1-3H3,(H,32,38)/t24-,30+/m1/s1. The normalized spacial score (nSPS) is 15.3. The van der Waals surface area contributed by atoms with E-state index in [0.717, 1.165) is 23.9 Å². The fourth-order valence-electron chi connectivity index (χ4n) is 5.12. The minimum atomic E-state index is -0.990. The summed E-state index contributed by atoms with van der Waals surface area (Å²) in [5, 5.41) is 11.4. The van der Waals surface area contributed by atoms with Gasteiger partial charge in [0.2, 0.25) is 11.8 Å². The third-order valence-corrected chi connectivity index (χ3v) is 7.35. The highest BCUT2D eigenvalue weighted by Crippen LogP contribution is 2.33. The largest absolute Gasteiger partial charge is 0.497 e. The number of methoxy groups -OCH3 is 3. The molecule has 4 aromatic rings. The first kappa shape index (κ1) is 28.9. The van der Waals surface area contributed by atoms with E-state index in [1.165, 1.54) is 7.11 Å². The summed E-state index contributed by atoms with van der Waals surface area (Å²) in [6, 6.07) is 19.1. The van der Waals surface area contributed by atoms with Crippen LogP contribution in [0.25, 0.3) is 11.0 Å². The number of rotatable bonds is 12. The van der Waals surface area contributed by atoms with E-state index < -0.39 is 6.04 Å². The molecule has 1 aliphatic heterocycles. The molecule has 11 heteroatoms. The van der Waals surface area contributed by atoms with Crippen LogP contribution < -0.4 is 19.5 Å². The molecule has 0 spiro atoms. The predicted octanol–water partition coefficient (Wildman–Crippen LogP) is 3.52. The number of fused-ring (bicyclic) bond motifs is 1. The quantitative estimate of drug-likeness (QED) is 0.274. The van der Waals surface area contributed by atoms with E-state index in [4.69, 9.17) is 18.9 Å². The summed E-state index contributed by atoms with van der Waals surface area (Å²) in [5.41, 5.74) is 2.80. The van der Waals surface area contributed by atoms with Crippen LogP contribution in [0.3, 0.4) is 0 Å². The fourth-order valence-corrected chi connectivity index (χ4v) is 5.12. The molecule has 2 atom stereocenters. The average molecular weight is 574 g/mol. The molecule has 3 aromatic carbocycles. The van der Waals surface area contributed by atoms with E-state index in [9.17, 15) is 9.59 Å². The molecule has 1 saturated heterocycles. The van der Waals surface area contributed by atoms with Crippen molar-refractivity contribution < 1.29 is 28.5 Å². The Morgan fingerprint density at radius 1 is 1.02 bits per heavy atom. The Kier molecular flexibility index (Phi) is 9.18. The number of amides is 2. The molecule has 0 aliphatic carbocycles. The van der Waals surface area contributed by atoms with E-state index in [2.05, 4.69) is 15.6 Å². The van der Waals surface area contributed by atoms with Crippen molar-refractivity contribution in [2.75, 3.05) is 34.5 Å². The lowest BCUT2D eigenvalue weighted by Crippen LogP contribution is -2.46. The molecule has 0 saturated carbocycles. The number of para-hydroxylation sites is 1. The lowest BCUT2D eigenvalue weighted by atomic mass is 10.0. The Labute approximate surface area is 244 Å². The second-order valence-electron chi connectivity index (χ2n) is 10.0. The summed E-state index contributed by atoms with van der Waals surface area (Å²) in [5.74, 6) is 1.01. The molecule has 0 bridgehead atoms. The van der Waals surface area contributed by atoms with Crippen LogP contribution >= 0.6 is 0 Å². The van der Waals surface area contributed by atoms with Crippen molar-refractivity contribution in [1.82, 2.24) is 25.2 Å². The highest BCUT2D eigenvalue weighted by Gasteiger charge is 2.33. The van der Waals surface area contributed by atoms with Gasteiger partial charge in [-0.15, -0.1) is 5.10 Å². The fraction of sp³-hybridized carbons (Fsp3) is 0.355. The van der Waals surface area contributed by atoms with Crippen molar-refractivity contribution in [3.63, 3.8) is 0 Å². The molecule has 5 rings (SSSR count). The molecule has 0 unspecified atom stereocenters. The zero-order chi connectivity index (χ0) is 29.5. The lowest BCUT2D eigenvalue weighted by molar-refractivity contribution is -0.142. The van der Waals surface area contributed by atoms with E-state index in [0.29, 0.717) is 41.5 Å². The molecule has 11 nitrogen and oxygen atoms in total. The van der Waals surface area contributed by atoms with Gasteiger partial charge in [-0.25, -0.2) is 4.68 Å². The Morgan fingerprint density at radius 3 is 2.52 bits per heavy atom. The molecule has 42 heavy (non-hydrogen) atoms. The summed E-state index contributed by atoms with van der Waals surface area (Å²) >= 11 is 0. The predicted molar refractivity (Wildman–Crippen MR) is 155 cm³/mol. The van der Waals surface area contributed by atoms with Crippen molar-refractivity contribution in [1.29, 1.82) is 0 Å². The third kappa shape index (κ3) is 6.46. The topological polar surface area (TPSA) is 117 Å². The van der Waals surface area contributed by atoms with Gasteiger partial charge in [-0.05, 0) is 60.4 Å². The van der Waals surface area contributed by atoms with Crippen LogP contribution in [0.15, 0.2) is 66.7 Å². The van der Waals surface area contributed by atoms with Gasteiger partial charge in [-0.1, -0.05) is 35.5 Å². The number of nitrogens with zero attached hydrogens (tertiary/aromatic N) is 4. The van der Waals surface area contributed by atoms with Crippen LogP contribution in [0.5, 0.6) is 17.2 Å². The van der Waals surface area contributed by atoms with Gasteiger partial charge in [0.15, 0.2) is 11.5 Å². The summed E-state index contributed by atoms with van der Waals surface area (Å²) in [6.45, 7) is 1.07. The number of aromatic nitrogens is 3. The Morgan fingerprint density at radius 2 is 1.81 bits per heavy atom. The number of hydrogen-bond donors (Lipinski definition) is 1. The van der Waals surface area contributed by atoms with Crippen molar-refractivity contribution >= 4 is 22.8 Å². The first-order valence-corrected chi connectivity index (χ1v) is 13.8. The van der Waals surface area contributed by atoms with E-state index in [-0.39, 0.29) is 31.0 Å². The molecular weight excluding hydrogens is 538 g/mol. The van der Waals surface area contributed by atoms with Crippen molar-refractivity contribution in [2.24, 2.45) is 0 Å². The molecule has 2 amide bonds. The monoisotopic (exact) mass is 573 g/mol. The van der Waals surface area contributed by atoms with Crippen LogP contribution in [-0.2, 0) is 27.4 Å². The minimum absolute atomic E-state index is 0.0627. The van der Waals surface area contributed by atoms with Crippen LogP contribution in [0.2, 0.25) is 0 Å². The van der Waals surface area contributed by atoms with Gasteiger partial charge >= 0.3 is 0 Å². The highest BCUT2D eigenvalue weighted by atomic mass is 16.5. The SMILES string of the molecule is COc1ccc(CN(C(=O)Cn2nnc3ccccc32)[C@H](C(=O)NC[C@H]2CCCO2)c2ccc(OC)c(OC)c2)cc1. The number of ether oxygens (including phenoxy) is 4. The zero-order valence-electron chi connectivity index (χ0n) is 24.0. The molecule has 1 fully saturated rings. The average Bonchev–Trinajstić information content (AvgIpc) is 3.70. The van der Waals surface area contributed by atoms with Gasteiger partial charge in [-0.3, -0.25) is 9.59 Å².